The highest BCUT2D eigenvalue weighted by molar-refractivity contribution is 7.16. The van der Waals surface area contributed by atoms with Crippen LogP contribution in [-0.2, 0) is 9.59 Å². The third-order valence-electron chi connectivity index (χ3n) is 5.52. The smallest absolute Gasteiger partial charge is 0.301 e. The zero-order chi connectivity index (χ0) is 23.9. The van der Waals surface area contributed by atoms with Gasteiger partial charge in [0, 0.05) is 10.4 Å². The fraction of sp³-hybridized carbons (Fsp3) is 0.208. The Kier molecular flexibility index (Phi) is 6.14. The number of hydrogen-bond acceptors (Lipinski definition) is 7. The van der Waals surface area contributed by atoms with E-state index in [2.05, 4.69) is 4.98 Å². The number of nitrogens with zero attached hydrogens (tertiary/aromatic N) is 2. The number of carbonyl (C=O) groups excluding carboxylic acids is 2. The van der Waals surface area contributed by atoms with Crippen LogP contribution in [0.1, 0.15) is 27.7 Å². The topological polar surface area (TPSA) is 89.0 Å². The second-order valence-electron chi connectivity index (χ2n) is 7.43. The predicted molar refractivity (Wildman–Crippen MR) is 127 cm³/mol. The van der Waals surface area contributed by atoms with Gasteiger partial charge in [0.05, 0.1) is 36.6 Å². The molecule has 2 aromatic carbocycles. The molecule has 1 atom stereocenters. The lowest BCUT2D eigenvalue weighted by Gasteiger charge is -2.23. The minimum Gasteiger partial charge on any atom is -0.507 e. The van der Waals surface area contributed by atoms with Gasteiger partial charge in [-0.3, -0.25) is 14.5 Å². The molecule has 1 amide bonds. The van der Waals surface area contributed by atoms with Crippen LogP contribution in [0.3, 0.4) is 0 Å². The van der Waals surface area contributed by atoms with Crippen molar-refractivity contribution in [2.45, 2.75) is 19.9 Å². The van der Waals surface area contributed by atoms with Crippen LogP contribution in [0.2, 0.25) is 5.02 Å². The lowest BCUT2D eigenvalue weighted by Crippen LogP contribution is -2.29. The number of rotatable bonds is 5. The molecule has 1 fully saturated rings. The van der Waals surface area contributed by atoms with E-state index in [0.29, 0.717) is 27.8 Å². The molecule has 1 aromatic heterocycles. The van der Waals surface area contributed by atoms with Gasteiger partial charge in [-0.05, 0) is 49.7 Å². The molecule has 0 spiro atoms. The number of halogens is 1. The maximum atomic E-state index is 13.2. The van der Waals surface area contributed by atoms with E-state index in [4.69, 9.17) is 21.1 Å². The van der Waals surface area contributed by atoms with Gasteiger partial charge in [0.15, 0.2) is 5.13 Å². The van der Waals surface area contributed by atoms with Crippen LogP contribution in [0.15, 0.2) is 48.0 Å². The first-order valence-corrected chi connectivity index (χ1v) is 11.2. The molecule has 1 N–H and O–H groups in total. The van der Waals surface area contributed by atoms with Crippen molar-refractivity contribution in [1.82, 2.24) is 4.98 Å². The summed E-state index contributed by atoms with van der Waals surface area (Å²) in [6.45, 7) is 3.74. The number of methoxy groups -OCH3 is 2. The second kappa shape index (κ2) is 8.88. The molecule has 3 aromatic rings. The standard InChI is InChI=1S/C24H21ClN2O5S/c1-12-13(2)33-24(26-12)27-20(14-5-8-16(31-3)9-6-14)19(22(29)23(27)30)21(28)15-7-10-18(32-4)17(25)11-15/h5-11,20,28H,1-4H3/b21-19+/t20-/m1/s1. The SMILES string of the molecule is COc1ccc([C@@H]2/C(=C(\O)c3ccc(OC)c(Cl)c3)C(=O)C(=O)N2c2nc(C)c(C)s2)cc1. The van der Waals surface area contributed by atoms with Gasteiger partial charge in [-0.25, -0.2) is 4.98 Å². The molecule has 2 heterocycles. The van der Waals surface area contributed by atoms with Crippen LogP contribution >= 0.6 is 22.9 Å². The Hall–Kier alpha value is -3.36. The average molecular weight is 485 g/mol. The van der Waals surface area contributed by atoms with Crippen molar-refractivity contribution in [3.8, 4) is 11.5 Å². The number of hydrogen-bond donors (Lipinski definition) is 1. The summed E-state index contributed by atoms with van der Waals surface area (Å²) in [7, 11) is 3.03. The molecule has 1 aliphatic heterocycles. The molecule has 1 saturated heterocycles. The minimum absolute atomic E-state index is 0.0445. The van der Waals surface area contributed by atoms with E-state index < -0.39 is 17.7 Å². The molecule has 0 radical (unpaired) electrons. The number of aliphatic hydroxyl groups is 1. The van der Waals surface area contributed by atoms with Crippen molar-refractivity contribution < 1.29 is 24.2 Å². The van der Waals surface area contributed by atoms with Crippen molar-refractivity contribution >= 4 is 45.5 Å². The molecular weight excluding hydrogens is 464 g/mol. The Balaban J connectivity index is 1.93. The maximum absolute atomic E-state index is 13.2. The van der Waals surface area contributed by atoms with Gasteiger partial charge < -0.3 is 14.6 Å². The fourth-order valence-electron chi connectivity index (χ4n) is 3.66. The van der Waals surface area contributed by atoms with Gasteiger partial charge in [-0.15, -0.1) is 11.3 Å². The molecule has 33 heavy (non-hydrogen) atoms. The summed E-state index contributed by atoms with van der Waals surface area (Å²) in [5.41, 5.74) is 1.65. The van der Waals surface area contributed by atoms with Crippen molar-refractivity contribution in [3.63, 3.8) is 0 Å². The number of carbonyl (C=O) groups is 2. The number of aromatic nitrogens is 1. The number of benzene rings is 2. The van der Waals surface area contributed by atoms with Crippen LogP contribution in [-0.4, -0.2) is 36.0 Å². The summed E-state index contributed by atoms with van der Waals surface area (Å²) in [6, 6.07) is 10.8. The summed E-state index contributed by atoms with van der Waals surface area (Å²) >= 11 is 7.55. The molecule has 1 aliphatic rings. The molecule has 0 unspecified atom stereocenters. The summed E-state index contributed by atoms with van der Waals surface area (Å²) in [5.74, 6) is -0.838. The average Bonchev–Trinajstić information content (AvgIpc) is 3.28. The first-order chi connectivity index (χ1) is 15.8. The van der Waals surface area contributed by atoms with Gasteiger partial charge in [0.1, 0.15) is 17.3 Å². The molecular formula is C24H21ClN2O5S. The molecule has 0 saturated carbocycles. The Labute approximate surface area is 199 Å². The highest BCUT2D eigenvalue weighted by Gasteiger charge is 2.48. The molecule has 7 nitrogen and oxygen atoms in total. The lowest BCUT2D eigenvalue weighted by atomic mass is 9.95. The molecule has 0 bridgehead atoms. The summed E-state index contributed by atoms with van der Waals surface area (Å²) < 4.78 is 10.4. The third kappa shape index (κ3) is 3.96. The van der Waals surface area contributed by atoms with Crippen LogP contribution < -0.4 is 14.4 Å². The largest absolute Gasteiger partial charge is 0.507 e. The highest BCUT2D eigenvalue weighted by atomic mass is 35.5. The third-order valence-corrected chi connectivity index (χ3v) is 6.89. The second-order valence-corrected chi connectivity index (χ2v) is 9.02. The van der Waals surface area contributed by atoms with Crippen LogP contribution in [0.4, 0.5) is 5.13 Å². The lowest BCUT2D eigenvalue weighted by molar-refractivity contribution is -0.132. The van der Waals surface area contributed by atoms with Gasteiger partial charge in [-0.2, -0.15) is 0 Å². The maximum Gasteiger partial charge on any atom is 0.301 e. The van der Waals surface area contributed by atoms with E-state index in [9.17, 15) is 14.7 Å². The predicted octanol–water partition coefficient (Wildman–Crippen LogP) is 5.06. The number of ether oxygens (including phenoxy) is 2. The van der Waals surface area contributed by atoms with E-state index in [1.807, 2.05) is 13.8 Å². The van der Waals surface area contributed by atoms with E-state index in [0.717, 1.165) is 10.6 Å². The zero-order valence-electron chi connectivity index (χ0n) is 18.4. The number of thiazole rings is 1. The number of anilines is 1. The summed E-state index contributed by atoms with van der Waals surface area (Å²) in [4.78, 5) is 33.1. The normalized spacial score (nSPS) is 17.5. The Bertz CT molecular complexity index is 1260. The first kappa shape index (κ1) is 22.8. The number of aryl methyl sites for hydroxylation is 2. The van der Waals surface area contributed by atoms with Crippen molar-refractivity contribution in [1.29, 1.82) is 0 Å². The van der Waals surface area contributed by atoms with Crippen molar-refractivity contribution in [3.05, 3.63) is 74.8 Å². The van der Waals surface area contributed by atoms with Gasteiger partial charge in [0.2, 0.25) is 0 Å². The number of ketones is 1. The van der Waals surface area contributed by atoms with E-state index in [-0.39, 0.29) is 16.4 Å². The van der Waals surface area contributed by atoms with Gasteiger partial charge in [0.25, 0.3) is 5.78 Å². The van der Waals surface area contributed by atoms with Crippen LogP contribution in [0, 0.1) is 13.8 Å². The van der Waals surface area contributed by atoms with Crippen molar-refractivity contribution in [2.75, 3.05) is 19.1 Å². The number of amides is 1. The number of Topliss-reactive ketones (excluding diaryl/α,β-unsaturated/α-hetero) is 1. The fourth-order valence-corrected chi connectivity index (χ4v) is 4.85. The summed E-state index contributed by atoms with van der Waals surface area (Å²) in [6.07, 6.45) is 0. The molecule has 4 rings (SSSR count). The van der Waals surface area contributed by atoms with E-state index >= 15 is 0 Å². The molecule has 0 aliphatic carbocycles. The van der Waals surface area contributed by atoms with Crippen LogP contribution in [0.25, 0.3) is 5.76 Å². The number of aliphatic hydroxyl groups excluding tert-OH is 1. The van der Waals surface area contributed by atoms with Crippen molar-refractivity contribution in [2.24, 2.45) is 0 Å². The quantitative estimate of drug-likeness (QED) is 0.309. The first-order valence-electron chi connectivity index (χ1n) is 9.99. The zero-order valence-corrected chi connectivity index (χ0v) is 20.0. The van der Waals surface area contributed by atoms with Gasteiger partial charge >= 0.3 is 5.91 Å². The molecule has 170 valence electrons. The Morgan fingerprint density at radius 2 is 1.79 bits per heavy atom. The molecule has 9 heteroatoms. The Morgan fingerprint density at radius 3 is 2.33 bits per heavy atom. The van der Waals surface area contributed by atoms with Gasteiger partial charge in [-0.1, -0.05) is 23.7 Å². The summed E-state index contributed by atoms with van der Waals surface area (Å²) in [5, 5.41) is 11.8. The van der Waals surface area contributed by atoms with Crippen LogP contribution in [0.5, 0.6) is 11.5 Å². The minimum atomic E-state index is -0.873. The highest BCUT2D eigenvalue weighted by Crippen LogP contribution is 2.44. The Morgan fingerprint density at radius 1 is 1.09 bits per heavy atom. The monoisotopic (exact) mass is 484 g/mol. The van der Waals surface area contributed by atoms with E-state index in [1.165, 1.54) is 29.4 Å². The van der Waals surface area contributed by atoms with E-state index in [1.54, 1.807) is 43.5 Å².